The van der Waals surface area contributed by atoms with Crippen molar-refractivity contribution in [1.82, 2.24) is 15.1 Å². The van der Waals surface area contributed by atoms with Gasteiger partial charge in [0.1, 0.15) is 17.5 Å². The Kier molecular flexibility index (Phi) is 6.63. The summed E-state index contributed by atoms with van der Waals surface area (Å²) in [5.41, 5.74) is 2.61. The monoisotopic (exact) mass is 462 g/mol. The number of halogens is 1. The van der Waals surface area contributed by atoms with Gasteiger partial charge < -0.3 is 10.2 Å². The highest BCUT2D eigenvalue weighted by atomic mass is 127. The fourth-order valence-electron chi connectivity index (χ4n) is 3.08. The SMILES string of the molecule is CN1CCC(CC=Nc2n[nH]c(Nc3cccc(CI)c3)c2C#N)CC1. The van der Waals surface area contributed by atoms with Crippen LogP contribution in [-0.2, 0) is 4.43 Å². The zero-order valence-electron chi connectivity index (χ0n) is 14.9. The van der Waals surface area contributed by atoms with Gasteiger partial charge in [-0.2, -0.15) is 10.4 Å². The fraction of sp³-hybridized carbons (Fsp3) is 0.421. The number of anilines is 2. The lowest BCUT2D eigenvalue weighted by Gasteiger charge is -2.27. The second-order valence-electron chi connectivity index (χ2n) is 6.66. The lowest BCUT2D eigenvalue weighted by atomic mass is 9.94. The van der Waals surface area contributed by atoms with Crippen molar-refractivity contribution in [2.45, 2.75) is 23.7 Å². The van der Waals surface area contributed by atoms with E-state index in [1.165, 1.54) is 18.4 Å². The van der Waals surface area contributed by atoms with Gasteiger partial charge in [0, 0.05) is 16.3 Å². The van der Waals surface area contributed by atoms with Crippen molar-refractivity contribution in [2.75, 3.05) is 25.5 Å². The molecule has 0 bridgehead atoms. The number of H-pyrrole nitrogens is 1. The molecule has 0 radical (unpaired) electrons. The Morgan fingerprint density at radius 3 is 3.00 bits per heavy atom. The van der Waals surface area contributed by atoms with Gasteiger partial charge in [-0.1, -0.05) is 34.7 Å². The molecule has 136 valence electrons. The van der Waals surface area contributed by atoms with Gasteiger partial charge >= 0.3 is 0 Å². The van der Waals surface area contributed by atoms with E-state index in [-0.39, 0.29) is 0 Å². The molecule has 0 saturated carbocycles. The Bertz CT molecular complexity index is 799. The third-order valence-corrected chi connectivity index (χ3v) is 5.58. The molecule has 1 aliphatic rings. The van der Waals surface area contributed by atoms with E-state index in [4.69, 9.17) is 0 Å². The van der Waals surface area contributed by atoms with Crippen molar-refractivity contribution >= 4 is 46.1 Å². The van der Waals surface area contributed by atoms with Gasteiger partial charge in [-0.05, 0) is 63.0 Å². The van der Waals surface area contributed by atoms with Crippen molar-refractivity contribution in [3.63, 3.8) is 0 Å². The van der Waals surface area contributed by atoms with Crippen LogP contribution in [0.3, 0.4) is 0 Å². The first-order chi connectivity index (χ1) is 12.7. The average molecular weight is 462 g/mol. The van der Waals surface area contributed by atoms with Crippen molar-refractivity contribution in [3.8, 4) is 6.07 Å². The Hall–Kier alpha value is -1.92. The Balaban J connectivity index is 1.66. The molecule has 3 rings (SSSR count). The lowest BCUT2D eigenvalue weighted by molar-refractivity contribution is 0.224. The summed E-state index contributed by atoms with van der Waals surface area (Å²) in [5.74, 6) is 1.71. The number of nitrogens with zero attached hydrogens (tertiary/aromatic N) is 4. The Labute approximate surface area is 167 Å². The third-order valence-electron chi connectivity index (χ3n) is 4.70. The number of alkyl halides is 1. The number of benzene rings is 1. The molecule has 0 atom stereocenters. The van der Waals surface area contributed by atoms with Crippen molar-refractivity contribution in [2.24, 2.45) is 10.9 Å². The molecule has 2 aromatic rings. The maximum atomic E-state index is 9.51. The summed E-state index contributed by atoms with van der Waals surface area (Å²) in [5, 5.41) is 19.9. The van der Waals surface area contributed by atoms with E-state index < -0.39 is 0 Å². The molecule has 26 heavy (non-hydrogen) atoms. The summed E-state index contributed by atoms with van der Waals surface area (Å²) < 4.78 is 0.938. The molecule has 7 heteroatoms. The topological polar surface area (TPSA) is 80.1 Å². The summed E-state index contributed by atoms with van der Waals surface area (Å²) in [7, 11) is 2.16. The molecule has 0 amide bonds. The minimum atomic E-state index is 0.449. The van der Waals surface area contributed by atoms with Crippen LogP contribution in [0.5, 0.6) is 0 Å². The minimum Gasteiger partial charge on any atom is -0.339 e. The van der Waals surface area contributed by atoms with E-state index >= 15 is 0 Å². The summed E-state index contributed by atoms with van der Waals surface area (Å²) in [6.07, 6.45) is 5.25. The van der Waals surface area contributed by atoms with Crippen LogP contribution in [0, 0.1) is 17.2 Å². The molecule has 0 spiro atoms. The van der Waals surface area contributed by atoms with E-state index in [0.29, 0.717) is 23.1 Å². The highest BCUT2D eigenvalue weighted by Crippen LogP contribution is 2.26. The molecule has 1 saturated heterocycles. The normalized spacial score (nSPS) is 16.0. The highest BCUT2D eigenvalue weighted by molar-refractivity contribution is 14.1. The van der Waals surface area contributed by atoms with Crippen LogP contribution < -0.4 is 5.32 Å². The molecular formula is C19H23IN6. The number of aromatic amines is 1. The van der Waals surface area contributed by atoms with Crippen molar-refractivity contribution < 1.29 is 0 Å². The van der Waals surface area contributed by atoms with E-state index in [2.05, 4.69) is 73.2 Å². The molecule has 2 heterocycles. The van der Waals surface area contributed by atoms with Gasteiger partial charge in [0.15, 0.2) is 5.82 Å². The number of hydrogen-bond donors (Lipinski definition) is 2. The quantitative estimate of drug-likeness (QED) is 0.379. The molecule has 1 fully saturated rings. The molecule has 1 aliphatic heterocycles. The Morgan fingerprint density at radius 2 is 2.27 bits per heavy atom. The summed E-state index contributed by atoms with van der Waals surface area (Å²) in [6.45, 7) is 2.30. The van der Waals surface area contributed by atoms with Crippen LogP contribution in [0.15, 0.2) is 29.3 Å². The van der Waals surface area contributed by atoms with Gasteiger partial charge in [-0.3, -0.25) is 5.10 Å². The standard InChI is InChI=1S/C19H23IN6/c1-26-9-6-14(7-10-26)5-8-22-18-17(13-21)19(25-24-18)23-16-4-2-3-15(11-16)12-20/h2-4,8,11,14H,5-7,9-10,12H2,1H3,(H2,23,24,25). The number of aliphatic imine (C=N–C) groups is 1. The third kappa shape index (κ3) is 4.83. The first-order valence-electron chi connectivity index (χ1n) is 8.81. The van der Waals surface area contributed by atoms with Gasteiger partial charge in [0.25, 0.3) is 0 Å². The number of nitrogens with one attached hydrogen (secondary N) is 2. The van der Waals surface area contributed by atoms with Crippen LogP contribution in [0.1, 0.15) is 30.4 Å². The van der Waals surface area contributed by atoms with E-state index in [1.807, 2.05) is 18.3 Å². The molecule has 2 N–H and O–H groups in total. The predicted octanol–water partition coefficient (Wildman–Crippen LogP) is 4.39. The van der Waals surface area contributed by atoms with Gasteiger partial charge in [0.05, 0.1) is 0 Å². The van der Waals surface area contributed by atoms with Crippen LogP contribution in [0.25, 0.3) is 0 Å². The van der Waals surface area contributed by atoms with Crippen LogP contribution in [-0.4, -0.2) is 41.4 Å². The average Bonchev–Trinajstić information content (AvgIpc) is 3.05. The van der Waals surface area contributed by atoms with Crippen LogP contribution >= 0.6 is 22.6 Å². The largest absolute Gasteiger partial charge is 0.339 e. The van der Waals surface area contributed by atoms with E-state index in [9.17, 15) is 5.26 Å². The molecule has 6 nitrogen and oxygen atoms in total. The zero-order chi connectivity index (χ0) is 18.4. The fourth-order valence-corrected chi connectivity index (χ4v) is 3.56. The van der Waals surface area contributed by atoms with Crippen molar-refractivity contribution in [3.05, 3.63) is 35.4 Å². The van der Waals surface area contributed by atoms with Crippen molar-refractivity contribution in [1.29, 1.82) is 5.26 Å². The minimum absolute atomic E-state index is 0.449. The molecule has 1 aromatic heterocycles. The summed E-state index contributed by atoms with van der Waals surface area (Å²) in [6, 6.07) is 10.3. The molecular weight excluding hydrogens is 439 g/mol. The summed E-state index contributed by atoms with van der Waals surface area (Å²) >= 11 is 2.33. The van der Waals surface area contributed by atoms with Gasteiger partial charge in [0.2, 0.25) is 0 Å². The first-order valence-corrected chi connectivity index (χ1v) is 10.3. The van der Waals surface area contributed by atoms with E-state index in [0.717, 1.165) is 29.6 Å². The molecule has 0 unspecified atom stereocenters. The second-order valence-corrected chi connectivity index (χ2v) is 7.42. The Morgan fingerprint density at radius 1 is 1.46 bits per heavy atom. The number of hydrogen-bond acceptors (Lipinski definition) is 5. The summed E-state index contributed by atoms with van der Waals surface area (Å²) in [4.78, 5) is 6.80. The first kappa shape index (κ1) is 18.9. The maximum Gasteiger partial charge on any atom is 0.193 e. The highest BCUT2D eigenvalue weighted by Gasteiger charge is 2.16. The molecule has 0 aliphatic carbocycles. The second kappa shape index (κ2) is 9.14. The predicted molar refractivity (Wildman–Crippen MR) is 114 cm³/mol. The maximum absolute atomic E-state index is 9.51. The molecule has 1 aromatic carbocycles. The van der Waals surface area contributed by atoms with Gasteiger partial charge in [-0.15, -0.1) is 0 Å². The number of piperidine rings is 1. The number of likely N-dealkylation sites (tertiary alicyclic amines) is 1. The number of aromatic nitrogens is 2. The van der Waals surface area contributed by atoms with E-state index in [1.54, 1.807) is 0 Å². The number of rotatable bonds is 6. The number of nitriles is 1. The zero-order valence-corrected chi connectivity index (χ0v) is 17.0. The smallest absolute Gasteiger partial charge is 0.193 e. The van der Waals surface area contributed by atoms with Crippen LogP contribution in [0.4, 0.5) is 17.3 Å². The van der Waals surface area contributed by atoms with Crippen LogP contribution in [0.2, 0.25) is 0 Å². The lowest BCUT2D eigenvalue weighted by Crippen LogP contribution is -2.30. The van der Waals surface area contributed by atoms with Gasteiger partial charge in [-0.25, -0.2) is 4.99 Å².